The maximum absolute atomic E-state index is 11.0. The van der Waals surface area contributed by atoms with Crippen molar-refractivity contribution in [1.29, 1.82) is 0 Å². The first-order valence-corrected chi connectivity index (χ1v) is 6.80. The topological polar surface area (TPSA) is 75.4 Å². The Morgan fingerprint density at radius 2 is 1.76 bits per heavy atom. The summed E-state index contributed by atoms with van der Waals surface area (Å²) < 4.78 is 0. The summed E-state index contributed by atoms with van der Waals surface area (Å²) in [6.45, 7) is 1.81. The lowest BCUT2D eigenvalue weighted by Crippen LogP contribution is -2.32. The van der Waals surface area contributed by atoms with E-state index in [1.807, 2.05) is 37.3 Å². The van der Waals surface area contributed by atoms with E-state index in [0.29, 0.717) is 12.1 Å². The summed E-state index contributed by atoms with van der Waals surface area (Å²) in [5.41, 5.74) is 1.46. The maximum atomic E-state index is 11.0. The van der Waals surface area contributed by atoms with Crippen LogP contribution in [0.25, 0.3) is 0 Å². The molecule has 0 aliphatic rings. The zero-order valence-electron chi connectivity index (χ0n) is 11.8. The van der Waals surface area contributed by atoms with Gasteiger partial charge < -0.3 is 10.4 Å². The molecule has 2 atom stereocenters. The maximum Gasteiger partial charge on any atom is 0.292 e. The van der Waals surface area contributed by atoms with Crippen molar-refractivity contribution in [3.05, 3.63) is 70.3 Å². The third-order valence-electron chi connectivity index (χ3n) is 3.35. The van der Waals surface area contributed by atoms with Gasteiger partial charge in [-0.3, -0.25) is 10.1 Å². The standard InChI is InChI=1S/C16H18N2O3/c1-12(16(19)11-13-7-3-2-4-8-13)17-14-9-5-6-10-15(14)18(20)21/h2-10,12,16-17,19H,11H2,1H3. The number of nitro benzene ring substituents is 1. The van der Waals surface area contributed by atoms with Crippen LogP contribution in [-0.2, 0) is 6.42 Å². The number of anilines is 1. The highest BCUT2D eigenvalue weighted by atomic mass is 16.6. The van der Waals surface area contributed by atoms with E-state index in [9.17, 15) is 15.2 Å². The van der Waals surface area contributed by atoms with Gasteiger partial charge in [-0.1, -0.05) is 42.5 Å². The third kappa shape index (κ3) is 4.03. The molecule has 2 unspecified atom stereocenters. The first kappa shape index (κ1) is 15.0. The lowest BCUT2D eigenvalue weighted by molar-refractivity contribution is -0.384. The van der Waals surface area contributed by atoms with Crippen molar-refractivity contribution < 1.29 is 10.0 Å². The lowest BCUT2D eigenvalue weighted by Gasteiger charge is -2.21. The molecule has 2 rings (SSSR count). The number of hydrogen-bond donors (Lipinski definition) is 2. The van der Waals surface area contributed by atoms with E-state index >= 15 is 0 Å². The van der Waals surface area contributed by atoms with Crippen molar-refractivity contribution in [2.24, 2.45) is 0 Å². The first-order valence-electron chi connectivity index (χ1n) is 6.80. The van der Waals surface area contributed by atoms with Gasteiger partial charge in [0.1, 0.15) is 5.69 Å². The summed E-state index contributed by atoms with van der Waals surface area (Å²) in [6, 6.07) is 15.8. The molecule has 5 nitrogen and oxygen atoms in total. The van der Waals surface area contributed by atoms with Crippen LogP contribution in [0.4, 0.5) is 11.4 Å². The Labute approximate surface area is 123 Å². The average molecular weight is 286 g/mol. The number of aliphatic hydroxyl groups is 1. The van der Waals surface area contributed by atoms with Gasteiger partial charge in [-0.25, -0.2) is 0 Å². The number of para-hydroxylation sites is 2. The second-order valence-corrected chi connectivity index (χ2v) is 4.96. The highest BCUT2D eigenvalue weighted by molar-refractivity contribution is 5.61. The Bertz CT molecular complexity index is 601. The van der Waals surface area contributed by atoms with Gasteiger partial charge in [-0.05, 0) is 18.6 Å². The molecule has 110 valence electrons. The van der Waals surface area contributed by atoms with Crippen molar-refractivity contribution in [3.63, 3.8) is 0 Å². The van der Waals surface area contributed by atoms with Crippen LogP contribution < -0.4 is 5.32 Å². The highest BCUT2D eigenvalue weighted by Gasteiger charge is 2.19. The molecule has 2 N–H and O–H groups in total. The van der Waals surface area contributed by atoms with Gasteiger partial charge in [-0.2, -0.15) is 0 Å². The van der Waals surface area contributed by atoms with Crippen molar-refractivity contribution in [2.45, 2.75) is 25.5 Å². The third-order valence-corrected chi connectivity index (χ3v) is 3.35. The molecule has 0 heterocycles. The van der Waals surface area contributed by atoms with Crippen LogP contribution >= 0.6 is 0 Å². The number of nitro groups is 1. The summed E-state index contributed by atoms with van der Waals surface area (Å²) in [5, 5.41) is 24.2. The molecule has 0 aliphatic carbocycles. The van der Waals surface area contributed by atoms with Gasteiger partial charge in [0.2, 0.25) is 0 Å². The fourth-order valence-corrected chi connectivity index (χ4v) is 2.13. The number of rotatable bonds is 6. The van der Waals surface area contributed by atoms with Crippen LogP contribution in [0, 0.1) is 10.1 Å². The molecule has 0 fully saturated rings. The Kier molecular flexibility index (Phi) is 4.90. The number of aliphatic hydroxyl groups excluding tert-OH is 1. The minimum absolute atomic E-state index is 0.0104. The second-order valence-electron chi connectivity index (χ2n) is 4.96. The largest absolute Gasteiger partial charge is 0.391 e. The van der Waals surface area contributed by atoms with Crippen molar-refractivity contribution >= 4 is 11.4 Å². The molecule has 2 aromatic carbocycles. The summed E-state index contributed by atoms with van der Waals surface area (Å²) >= 11 is 0. The molecular weight excluding hydrogens is 268 g/mol. The normalized spacial score (nSPS) is 13.4. The Balaban J connectivity index is 2.04. The van der Waals surface area contributed by atoms with Gasteiger partial charge in [0.05, 0.1) is 11.0 Å². The molecule has 0 aliphatic heterocycles. The van der Waals surface area contributed by atoms with Crippen molar-refractivity contribution in [2.75, 3.05) is 5.32 Å². The molecule has 0 aromatic heterocycles. The quantitative estimate of drug-likeness (QED) is 0.632. The molecule has 5 heteroatoms. The molecule has 0 spiro atoms. The fourth-order valence-electron chi connectivity index (χ4n) is 2.13. The average Bonchev–Trinajstić information content (AvgIpc) is 2.48. The van der Waals surface area contributed by atoms with Gasteiger partial charge in [0, 0.05) is 18.5 Å². The van der Waals surface area contributed by atoms with E-state index in [1.165, 1.54) is 6.07 Å². The van der Waals surface area contributed by atoms with Crippen LogP contribution in [0.1, 0.15) is 12.5 Å². The van der Waals surface area contributed by atoms with E-state index < -0.39 is 11.0 Å². The van der Waals surface area contributed by atoms with Crippen LogP contribution in [0.5, 0.6) is 0 Å². The summed E-state index contributed by atoms with van der Waals surface area (Å²) in [4.78, 5) is 10.5. The van der Waals surface area contributed by atoms with Crippen LogP contribution in [-0.4, -0.2) is 22.2 Å². The van der Waals surface area contributed by atoms with Gasteiger partial charge in [-0.15, -0.1) is 0 Å². The summed E-state index contributed by atoms with van der Waals surface area (Å²) in [6.07, 6.45) is -0.137. The number of nitrogens with one attached hydrogen (secondary N) is 1. The Morgan fingerprint density at radius 1 is 1.14 bits per heavy atom. The molecule has 0 radical (unpaired) electrons. The fraction of sp³-hybridized carbons (Fsp3) is 0.250. The smallest absolute Gasteiger partial charge is 0.292 e. The van der Waals surface area contributed by atoms with Gasteiger partial charge in [0.25, 0.3) is 5.69 Å². The van der Waals surface area contributed by atoms with Gasteiger partial charge in [0.15, 0.2) is 0 Å². The monoisotopic (exact) mass is 286 g/mol. The molecule has 0 saturated carbocycles. The number of benzene rings is 2. The van der Waals surface area contributed by atoms with E-state index in [2.05, 4.69) is 5.32 Å². The molecule has 0 saturated heterocycles. The summed E-state index contributed by atoms with van der Waals surface area (Å²) in [5.74, 6) is 0. The van der Waals surface area contributed by atoms with Crippen molar-refractivity contribution in [3.8, 4) is 0 Å². The Hall–Kier alpha value is -2.40. The van der Waals surface area contributed by atoms with E-state index in [1.54, 1.807) is 18.2 Å². The minimum Gasteiger partial charge on any atom is -0.391 e. The molecule has 0 amide bonds. The molecule has 21 heavy (non-hydrogen) atoms. The zero-order chi connectivity index (χ0) is 15.2. The van der Waals surface area contributed by atoms with Gasteiger partial charge >= 0.3 is 0 Å². The predicted molar refractivity (Wildman–Crippen MR) is 82.3 cm³/mol. The predicted octanol–water partition coefficient (Wildman–Crippen LogP) is 3.00. The molecular formula is C16H18N2O3. The van der Waals surface area contributed by atoms with Crippen LogP contribution in [0.2, 0.25) is 0 Å². The second kappa shape index (κ2) is 6.85. The van der Waals surface area contributed by atoms with E-state index in [4.69, 9.17) is 0 Å². The van der Waals surface area contributed by atoms with Crippen LogP contribution in [0.15, 0.2) is 54.6 Å². The van der Waals surface area contributed by atoms with E-state index in [-0.39, 0.29) is 11.7 Å². The highest BCUT2D eigenvalue weighted by Crippen LogP contribution is 2.24. The van der Waals surface area contributed by atoms with E-state index in [0.717, 1.165) is 5.56 Å². The molecule has 0 bridgehead atoms. The number of hydrogen-bond acceptors (Lipinski definition) is 4. The number of nitrogens with zero attached hydrogens (tertiary/aromatic N) is 1. The SMILES string of the molecule is CC(Nc1ccccc1[N+](=O)[O-])C(O)Cc1ccccc1. The summed E-state index contributed by atoms with van der Waals surface area (Å²) in [7, 11) is 0. The lowest BCUT2D eigenvalue weighted by atomic mass is 10.0. The Morgan fingerprint density at radius 3 is 2.43 bits per heavy atom. The first-order chi connectivity index (χ1) is 10.1. The minimum atomic E-state index is -0.632. The van der Waals surface area contributed by atoms with Crippen LogP contribution in [0.3, 0.4) is 0 Å². The van der Waals surface area contributed by atoms with Crippen molar-refractivity contribution in [1.82, 2.24) is 0 Å². The molecule has 2 aromatic rings. The zero-order valence-corrected chi connectivity index (χ0v) is 11.8.